The van der Waals surface area contributed by atoms with E-state index in [4.69, 9.17) is 0 Å². The van der Waals surface area contributed by atoms with Crippen molar-refractivity contribution in [3.05, 3.63) is 29.1 Å². The number of hydrogen-bond acceptors (Lipinski definition) is 3. The molecule has 0 spiro atoms. The van der Waals surface area contributed by atoms with E-state index in [0.29, 0.717) is 12.3 Å². The molecule has 2 heterocycles. The first-order valence-electron chi connectivity index (χ1n) is 5.16. The third-order valence-corrected chi connectivity index (χ3v) is 4.33. The molecular weight excluding hydrogens is 210 g/mol. The Morgan fingerprint density at radius 3 is 2.73 bits per heavy atom. The van der Waals surface area contributed by atoms with Crippen molar-refractivity contribution in [2.24, 2.45) is 0 Å². The van der Waals surface area contributed by atoms with Crippen LogP contribution in [-0.2, 0) is 22.0 Å². The van der Waals surface area contributed by atoms with Gasteiger partial charge in [0, 0.05) is 11.9 Å². The van der Waals surface area contributed by atoms with Gasteiger partial charge < -0.3 is 0 Å². The van der Waals surface area contributed by atoms with Crippen LogP contribution in [0.15, 0.2) is 12.3 Å². The molecular formula is C11H15NO2S. The smallest absolute Gasteiger partial charge is 0.154 e. The summed E-state index contributed by atoms with van der Waals surface area (Å²) in [5.74, 6) is 0.799. The third kappa shape index (κ3) is 2.20. The van der Waals surface area contributed by atoms with Crippen LogP contribution in [0.3, 0.4) is 0 Å². The maximum Gasteiger partial charge on any atom is 0.154 e. The van der Waals surface area contributed by atoms with Gasteiger partial charge in [-0.15, -0.1) is 0 Å². The molecule has 0 atom stereocenters. The summed E-state index contributed by atoms with van der Waals surface area (Å²) in [6.45, 7) is 4.12. The molecule has 15 heavy (non-hydrogen) atoms. The van der Waals surface area contributed by atoms with Crippen molar-refractivity contribution in [2.45, 2.75) is 31.9 Å². The Balaban J connectivity index is 2.44. The lowest BCUT2D eigenvalue weighted by atomic mass is 10.0. The van der Waals surface area contributed by atoms with E-state index in [1.165, 1.54) is 0 Å². The zero-order valence-corrected chi connectivity index (χ0v) is 9.84. The lowest BCUT2D eigenvalue weighted by Gasteiger charge is -2.17. The van der Waals surface area contributed by atoms with Gasteiger partial charge in [0.2, 0.25) is 0 Å². The molecule has 2 rings (SSSR count). The van der Waals surface area contributed by atoms with E-state index in [1.807, 2.05) is 12.3 Å². The molecule has 1 aliphatic rings. The molecule has 3 nitrogen and oxygen atoms in total. The van der Waals surface area contributed by atoms with Gasteiger partial charge in [-0.2, -0.15) is 0 Å². The number of nitrogens with zero attached hydrogens (tertiary/aromatic N) is 1. The number of fused-ring (bicyclic) bond motifs is 1. The minimum atomic E-state index is -2.87. The number of sulfone groups is 1. The minimum absolute atomic E-state index is 0.185. The summed E-state index contributed by atoms with van der Waals surface area (Å²) in [6, 6.07) is 1.94. The minimum Gasteiger partial charge on any atom is -0.261 e. The van der Waals surface area contributed by atoms with Crippen LogP contribution < -0.4 is 0 Å². The van der Waals surface area contributed by atoms with Crippen molar-refractivity contribution in [3.63, 3.8) is 0 Å². The normalized spacial score (nSPS) is 18.9. The number of hydrogen-bond donors (Lipinski definition) is 0. The van der Waals surface area contributed by atoms with Crippen LogP contribution in [0, 0.1) is 0 Å². The van der Waals surface area contributed by atoms with Gasteiger partial charge in [-0.1, -0.05) is 13.8 Å². The van der Waals surface area contributed by atoms with Crippen LogP contribution in [0.2, 0.25) is 0 Å². The fraction of sp³-hybridized carbons (Fsp3) is 0.545. The molecule has 82 valence electrons. The van der Waals surface area contributed by atoms with Gasteiger partial charge >= 0.3 is 0 Å². The second kappa shape index (κ2) is 3.59. The van der Waals surface area contributed by atoms with E-state index < -0.39 is 9.84 Å². The Morgan fingerprint density at radius 1 is 1.33 bits per heavy atom. The van der Waals surface area contributed by atoms with Crippen molar-refractivity contribution < 1.29 is 8.42 Å². The predicted octanol–water partition coefficient (Wildman–Crippen LogP) is 1.68. The fourth-order valence-electron chi connectivity index (χ4n) is 1.79. The lowest BCUT2D eigenvalue weighted by Crippen LogP contribution is -2.19. The molecule has 0 saturated heterocycles. The first-order valence-corrected chi connectivity index (χ1v) is 6.98. The van der Waals surface area contributed by atoms with E-state index in [9.17, 15) is 8.42 Å². The van der Waals surface area contributed by atoms with Gasteiger partial charge in [0.15, 0.2) is 9.84 Å². The Morgan fingerprint density at radius 2 is 2.07 bits per heavy atom. The highest BCUT2D eigenvalue weighted by Crippen LogP contribution is 2.23. The van der Waals surface area contributed by atoms with Crippen molar-refractivity contribution in [1.82, 2.24) is 4.98 Å². The standard InChI is InChI=1S/C11H15NO2S/c1-8(2)11-5-10-7-15(13,14)4-3-9(10)6-12-11/h5-6,8H,3-4,7H2,1-2H3. The summed E-state index contributed by atoms with van der Waals surface area (Å²) in [4.78, 5) is 4.34. The highest BCUT2D eigenvalue weighted by atomic mass is 32.2. The van der Waals surface area contributed by atoms with Gasteiger partial charge in [-0.25, -0.2) is 8.42 Å². The molecule has 0 saturated carbocycles. The maximum absolute atomic E-state index is 11.5. The average molecular weight is 225 g/mol. The highest BCUT2D eigenvalue weighted by Gasteiger charge is 2.21. The SMILES string of the molecule is CC(C)c1cc2c(cn1)CCS(=O)(=O)C2. The van der Waals surface area contributed by atoms with Gasteiger partial charge in [-0.05, 0) is 29.5 Å². The summed E-state index contributed by atoms with van der Waals surface area (Å²) in [5, 5.41) is 0. The summed E-state index contributed by atoms with van der Waals surface area (Å²) in [6.07, 6.45) is 2.45. The lowest BCUT2D eigenvalue weighted by molar-refractivity contribution is 0.591. The van der Waals surface area contributed by atoms with Crippen LogP contribution in [0.5, 0.6) is 0 Å². The first kappa shape index (κ1) is 10.6. The molecule has 0 aliphatic carbocycles. The molecule has 4 heteroatoms. The zero-order chi connectivity index (χ0) is 11.1. The molecule has 0 radical (unpaired) electrons. The Hall–Kier alpha value is -0.900. The Kier molecular flexibility index (Phi) is 2.54. The quantitative estimate of drug-likeness (QED) is 0.730. The van der Waals surface area contributed by atoms with Crippen molar-refractivity contribution in [3.8, 4) is 0 Å². The average Bonchev–Trinajstić information content (AvgIpc) is 2.15. The molecule has 1 aromatic heterocycles. The second-order valence-electron chi connectivity index (χ2n) is 4.37. The summed E-state index contributed by atoms with van der Waals surface area (Å²) < 4.78 is 22.9. The largest absolute Gasteiger partial charge is 0.261 e. The van der Waals surface area contributed by atoms with E-state index in [2.05, 4.69) is 18.8 Å². The second-order valence-corrected chi connectivity index (χ2v) is 6.56. The van der Waals surface area contributed by atoms with Crippen molar-refractivity contribution in [2.75, 3.05) is 5.75 Å². The first-order chi connectivity index (χ1) is 6.98. The van der Waals surface area contributed by atoms with Crippen LogP contribution in [-0.4, -0.2) is 19.2 Å². The van der Waals surface area contributed by atoms with E-state index >= 15 is 0 Å². The molecule has 1 aliphatic heterocycles. The predicted molar refractivity (Wildman–Crippen MR) is 59.5 cm³/mol. The topological polar surface area (TPSA) is 47.0 Å². The maximum atomic E-state index is 11.5. The van der Waals surface area contributed by atoms with Gasteiger partial charge in [-0.3, -0.25) is 4.98 Å². The molecule has 0 N–H and O–H groups in total. The van der Waals surface area contributed by atoms with Crippen LogP contribution >= 0.6 is 0 Å². The molecule has 0 aromatic carbocycles. The van der Waals surface area contributed by atoms with E-state index in [0.717, 1.165) is 16.8 Å². The Labute approximate surface area is 90.5 Å². The molecule has 0 fully saturated rings. The number of pyridine rings is 1. The summed E-state index contributed by atoms with van der Waals surface area (Å²) >= 11 is 0. The third-order valence-electron chi connectivity index (χ3n) is 2.75. The molecule has 0 amide bonds. The molecule has 0 bridgehead atoms. The monoisotopic (exact) mass is 225 g/mol. The number of aryl methyl sites for hydroxylation is 1. The van der Waals surface area contributed by atoms with E-state index in [-0.39, 0.29) is 11.5 Å². The highest BCUT2D eigenvalue weighted by molar-refractivity contribution is 7.90. The van der Waals surface area contributed by atoms with E-state index in [1.54, 1.807) is 0 Å². The zero-order valence-electron chi connectivity index (χ0n) is 9.03. The molecule has 0 unspecified atom stereocenters. The van der Waals surface area contributed by atoms with Crippen molar-refractivity contribution >= 4 is 9.84 Å². The van der Waals surface area contributed by atoms with Crippen molar-refractivity contribution in [1.29, 1.82) is 0 Å². The molecule has 1 aromatic rings. The Bertz CT molecular complexity index is 477. The van der Waals surface area contributed by atoms with Gasteiger partial charge in [0.1, 0.15) is 0 Å². The van der Waals surface area contributed by atoms with Gasteiger partial charge in [0.25, 0.3) is 0 Å². The van der Waals surface area contributed by atoms with Crippen LogP contribution in [0.25, 0.3) is 0 Å². The number of aromatic nitrogens is 1. The fourth-order valence-corrected chi connectivity index (χ4v) is 3.21. The van der Waals surface area contributed by atoms with Crippen LogP contribution in [0.1, 0.15) is 36.6 Å². The summed E-state index contributed by atoms with van der Waals surface area (Å²) in [7, 11) is -2.87. The summed E-state index contributed by atoms with van der Waals surface area (Å²) in [5.41, 5.74) is 3.01. The van der Waals surface area contributed by atoms with Gasteiger partial charge in [0.05, 0.1) is 11.5 Å². The van der Waals surface area contributed by atoms with Crippen LogP contribution in [0.4, 0.5) is 0 Å². The number of rotatable bonds is 1.